The van der Waals surface area contributed by atoms with Crippen molar-refractivity contribution in [2.45, 2.75) is 6.92 Å². The second kappa shape index (κ2) is 7.48. The molecule has 0 aliphatic carbocycles. The van der Waals surface area contributed by atoms with Crippen LogP contribution in [0.2, 0.25) is 0 Å². The minimum absolute atomic E-state index is 0.357. The van der Waals surface area contributed by atoms with E-state index >= 15 is 0 Å². The summed E-state index contributed by atoms with van der Waals surface area (Å²) in [6, 6.07) is 19.3. The summed E-state index contributed by atoms with van der Waals surface area (Å²) in [6.07, 6.45) is 1.97. The topological polar surface area (TPSA) is 55.6 Å². The van der Waals surface area contributed by atoms with Gasteiger partial charge in [-0.2, -0.15) is 0 Å². The number of rotatable bonds is 4. The molecule has 0 aliphatic heterocycles. The van der Waals surface area contributed by atoms with Crippen LogP contribution in [0.15, 0.2) is 71.3 Å². The highest BCUT2D eigenvalue weighted by Gasteiger charge is 2.15. The van der Waals surface area contributed by atoms with Gasteiger partial charge in [-0.05, 0) is 48.9 Å². The highest BCUT2D eigenvalue weighted by molar-refractivity contribution is 9.10. The molecule has 0 unspecified atom stereocenters. The Labute approximate surface area is 171 Å². The Morgan fingerprint density at radius 3 is 2.61 bits per heavy atom. The van der Waals surface area contributed by atoms with Crippen molar-refractivity contribution in [3.8, 4) is 11.3 Å². The van der Waals surface area contributed by atoms with Crippen molar-refractivity contribution in [1.82, 2.24) is 9.38 Å². The van der Waals surface area contributed by atoms with E-state index in [-0.39, 0.29) is 5.97 Å². The molecule has 5 nitrogen and oxygen atoms in total. The van der Waals surface area contributed by atoms with Crippen LogP contribution in [0.4, 0.5) is 11.5 Å². The van der Waals surface area contributed by atoms with Gasteiger partial charge in [0.2, 0.25) is 0 Å². The summed E-state index contributed by atoms with van der Waals surface area (Å²) in [7, 11) is 1.38. The molecule has 0 fully saturated rings. The molecule has 0 saturated carbocycles. The minimum Gasteiger partial charge on any atom is -0.465 e. The maximum Gasteiger partial charge on any atom is 0.337 e. The zero-order valence-corrected chi connectivity index (χ0v) is 17.0. The first kappa shape index (κ1) is 18.3. The third-order valence-corrected chi connectivity index (χ3v) is 5.40. The van der Waals surface area contributed by atoms with Crippen LogP contribution >= 0.6 is 15.9 Å². The van der Waals surface area contributed by atoms with Crippen molar-refractivity contribution >= 4 is 39.1 Å². The molecule has 0 radical (unpaired) electrons. The molecule has 0 amide bonds. The Morgan fingerprint density at radius 2 is 1.89 bits per heavy atom. The van der Waals surface area contributed by atoms with Gasteiger partial charge in [0.25, 0.3) is 0 Å². The van der Waals surface area contributed by atoms with Gasteiger partial charge in [-0.25, -0.2) is 9.78 Å². The van der Waals surface area contributed by atoms with E-state index in [0.717, 1.165) is 32.9 Å². The SMILES string of the molecule is COC(=O)c1ccc(-c2nc3ccccn3c2Nc2ccc(C)c(Br)c2)cc1. The van der Waals surface area contributed by atoms with Crippen LogP contribution in [0.3, 0.4) is 0 Å². The highest BCUT2D eigenvalue weighted by atomic mass is 79.9. The molecule has 140 valence electrons. The summed E-state index contributed by atoms with van der Waals surface area (Å²) in [5.41, 5.74) is 5.18. The molecule has 0 saturated heterocycles. The monoisotopic (exact) mass is 435 g/mol. The Bertz CT molecular complexity index is 1170. The predicted octanol–water partition coefficient (Wildman–Crippen LogP) is 5.60. The first-order valence-electron chi connectivity index (χ1n) is 8.76. The molecule has 2 aromatic heterocycles. The van der Waals surface area contributed by atoms with Gasteiger partial charge in [0, 0.05) is 21.9 Å². The lowest BCUT2D eigenvalue weighted by Crippen LogP contribution is -2.00. The second-order valence-corrected chi connectivity index (χ2v) is 7.25. The molecular weight excluding hydrogens is 418 g/mol. The first-order chi connectivity index (χ1) is 13.6. The van der Waals surface area contributed by atoms with Crippen LogP contribution < -0.4 is 5.32 Å². The summed E-state index contributed by atoms with van der Waals surface area (Å²) in [5, 5.41) is 3.49. The number of anilines is 2. The van der Waals surface area contributed by atoms with Crippen molar-refractivity contribution in [2.24, 2.45) is 0 Å². The zero-order chi connectivity index (χ0) is 19.7. The lowest BCUT2D eigenvalue weighted by molar-refractivity contribution is 0.0601. The van der Waals surface area contributed by atoms with E-state index in [2.05, 4.69) is 34.2 Å². The van der Waals surface area contributed by atoms with Crippen LogP contribution in [0.25, 0.3) is 16.9 Å². The molecule has 6 heteroatoms. The van der Waals surface area contributed by atoms with E-state index in [4.69, 9.17) is 9.72 Å². The summed E-state index contributed by atoms with van der Waals surface area (Å²) < 4.78 is 7.83. The fourth-order valence-electron chi connectivity index (χ4n) is 3.01. The van der Waals surface area contributed by atoms with Crippen LogP contribution in [0.5, 0.6) is 0 Å². The van der Waals surface area contributed by atoms with Crippen LogP contribution in [-0.4, -0.2) is 22.5 Å². The van der Waals surface area contributed by atoms with Crippen molar-refractivity contribution in [3.05, 3.63) is 82.5 Å². The van der Waals surface area contributed by atoms with Gasteiger partial charge < -0.3 is 10.1 Å². The van der Waals surface area contributed by atoms with E-state index < -0.39 is 0 Å². The summed E-state index contributed by atoms with van der Waals surface area (Å²) >= 11 is 3.59. The van der Waals surface area contributed by atoms with Crippen molar-refractivity contribution in [3.63, 3.8) is 0 Å². The van der Waals surface area contributed by atoms with Gasteiger partial charge in [-0.1, -0.05) is 40.2 Å². The molecular formula is C22H18BrN3O2. The van der Waals surface area contributed by atoms with Gasteiger partial charge in [0.05, 0.1) is 12.7 Å². The van der Waals surface area contributed by atoms with Crippen LogP contribution in [-0.2, 0) is 4.74 Å². The quantitative estimate of drug-likeness (QED) is 0.423. The maximum absolute atomic E-state index is 11.7. The molecule has 28 heavy (non-hydrogen) atoms. The fraction of sp³-hybridized carbons (Fsp3) is 0.0909. The molecule has 4 rings (SSSR count). The number of nitrogens with one attached hydrogen (secondary N) is 1. The van der Waals surface area contributed by atoms with E-state index in [1.807, 2.05) is 53.1 Å². The standard InChI is InChI=1S/C22H18BrN3O2/c1-14-6-11-17(13-18(14)23)24-21-20(25-19-5-3-4-12-26(19)21)15-7-9-16(10-8-15)22(27)28-2/h3-13,24H,1-2H3. The van der Waals surface area contributed by atoms with Gasteiger partial charge in [0.15, 0.2) is 0 Å². The number of pyridine rings is 1. The number of aromatic nitrogens is 2. The van der Waals surface area contributed by atoms with Gasteiger partial charge in [-0.3, -0.25) is 4.40 Å². The Kier molecular flexibility index (Phi) is 4.88. The number of esters is 1. The number of ether oxygens (including phenoxy) is 1. The average molecular weight is 436 g/mol. The maximum atomic E-state index is 11.7. The number of hydrogen-bond donors (Lipinski definition) is 1. The van der Waals surface area contributed by atoms with Crippen molar-refractivity contribution < 1.29 is 9.53 Å². The number of benzene rings is 2. The molecule has 2 aromatic carbocycles. The number of fused-ring (bicyclic) bond motifs is 1. The number of nitrogens with zero attached hydrogens (tertiary/aromatic N) is 2. The number of imidazole rings is 1. The second-order valence-electron chi connectivity index (χ2n) is 6.40. The lowest BCUT2D eigenvalue weighted by Gasteiger charge is -2.10. The number of methoxy groups -OCH3 is 1. The van der Waals surface area contributed by atoms with E-state index in [0.29, 0.717) is 5.56 Å². The summed E-state index contributed by atoms with van der Waals surface area (Å²) in [6.45, 7) is 2.05. The van der Waals surface area contributed by atoms with Crippen molar-refractivity contribution in [2.75, 3.05) is 12.4 Å². The molecule has 0 aliphatic rings. The molecule has 1 N–H and O–H groups in total. The zero-order valence-electron chi connectivity index (χ0n) is 15.4. The molecule has 0 bridgehead atoms. The normalized spacial score (nSPS) is 10.8. The third-order valence-electron chi connectivity index (χ3n) is 4.54. The number of aryl methyl sites for hydroxylation is 1. The minimum atomic E-state index is -0.357. The van der Waals surface area contributed by atoms with Crippen molar-refractivity contribution in [1.29, 1.82) is 0 Å². The largest absolute Gasteiger partial charge is 0.465 e. The smallest absolute Gasteiger partial charge is 0.337 e. The van der Waals surface area contributed by atoms with Crippen LogP contribution in [0, 0.1) is 6.92 Å². The first-order valence-corrected chi connectivity index (χ1v) is 9.55. The third kappa shape index (κ3) is 3.39. The molecule has 0 atom stereocenters. The Balaban J connectivity index is 1.81. The Hall–Kier alpha value is -3.12. The molecule has 0 spiro atoms. The molecule has 4 aromatic rings. The van der Waals surface area contributed by atoms with E-state index in [1.54, 1.807) is 12.1 Å². The van der Waals surface area contributed by atoms with E-state index in [9.17, 15) is 4.79 Å². The highest BCUT2D eigenvalue weighted by Crippen LogP contribution is 2.32. The van der Waals surface area contributed by atoms with E-state index in [1.165, 1.54) is 12.7 Å². The number of hydrogen-bond acceptors (Lipinski definition) is 4. The van der Waals surface area contributed by atoms with Gasteiger partial charge in [-0.15, -0.1) is 0 Å². The van der Waals surface area contributed by atoms with Crippen LogP contribution in [0.1, 0.15) is 15.9 Å². The number of carbonyl (C=O) groups excluding carboxylic acids is 1. The summed E-state index contributed by atoms with van der Waals surface area (Å²) in [4.78, 5) is 16.5. The summed E-state index contributed by atoms with van der Waals surface area (Å²) in [5.74, 6) is 0.501. The molecule has 2 heterocycles. The average Bonchev–Trinajstić information content (AvgIpc) is 3.09. The van der Waals surface area contributed by atoms with Gasteiger partial charge >= 0.3 is 5.97 Å². The van der Waals surface area contributed by atoms with Gasteiger partial charge in [0.1, 0.15) is 17.2 Å². The number of halogens is 1. The lowest BCUT2D eigenvalue weighted by atomic mass is 10.1. The number of carbonyl (C=O) groups is 1. The predicted molar refractivity (Wildman–Crippen MR) is 114 cm³/mol. The fourth-order valence-corrected chi connectivity index (χ4v) is 3.38. The Morgan fingerprint density at radius 1 is 1.11 bits per heavy atom.